The van der Waals surface area contributed by atoms with Gasteiger partial charge in [-0.3, -0.25) is 0 Å². The van der Waals surface area contributed by atoms with Crippen LogP contribution in [0.1, 0.15) is 31.9 Å². The third-order valence-corrected chi connectivity index (χ3v) is 3.90. The van der Waals surface area contributed by atoms with Crippen molar-refractivity contribution in [2.24, 2.45) is 5.92 Å². The Morgan fingerprint density at radius 3 is 2.24 bits per heavy atom. The van der Waals surface area contributed by atoms with E-state index in [4.69, 9.17) is 11.6 Å². The lowest BCUT2D eigenvalue weighted by atomic mass is 9.98. The summed E-state index contributed by atoms with van der Waals surface area (Å²) in [6, 6.07) is 15.1. The van der Waals surface area contributed by atoms with Crippen molar-refractivity contribution in [2.45, 2.75) is 33.7 Å². The molecule has 0 radical (unpaired) electrons. The Bertz CT molecular complexity index is 573. The number of halogens is 1. The van der Waals surface area contributed by atoms with Gasteiger partial charge in [0.05, 0.1) is 0 Å². The summed E-state index contributed by atoms with van der Waals surface area (Å²) in [6.45, 7) is 8.37. The molecule has 1 nitrogen and oxygen atoms in total. The van der Waals surface area contributed by atoms with Crippen molar-refractivity contribution in [1.82, 2.24) is 5.32 Å². The molecular weight excluding hydrogens is 278 g/mol. The van der Waals surface area contributed by atoms with Gasteiger partial charge in [-0.05, 0) is 47.2 Å². The second-order valence-electron chi connectivity index (χ2n) is 5.88. The van der Waals surface area contributed by atoms with Crippen molar-refractivity contribution in [3.8, 4) is 11.1 Å². The standard InChI is InChI=1S/C19H24ClN/c1-4-21-13-18-10-9-17(12-19(18)20)16-7-5-15(6-8-16)11-14(2)3/h5-10,12,14,21H,4,11,13H2,1-3H3. The highest BCUT2D eigenvalue weighted by molar-refractivity contribution is 6.31. The van der Waals surface area contributed by atoms with Crippen molar-refractivity contribution in [3.05, 3.63) is 58.6 Å². The molecule has 112 valence electrons. The maximum absolute atomic E-state index is 6.38. The van der Waals surface area contributed by atoms with Crippen LogP contribution < -0.4 is 5.32 Å². The number of rotatable bonds is 6. The smallest absolute Gasteiger partial charge is 0.0457 e. The first kappa shape index (κ1) is 16.1. The quantitative estimate of drug-likeness (QED) is 0.762. The Kier molecular flexibility index (Phi) is 5.84. The molecule has 2 rings (SSSR count). The maximum Gasteiger partial charge on any atom is 0.0457 e. The van der Waals surface area contributed by atoms with Gasteiger partial charge >= 0.3 is 0 Å². The van der Waals surface area contributed by atoms with E-state index in [9.17, 15) is 0 Å². The van der Waals surface area contributed by atoms with Crippen molar-refractivity contribution >= 4 is 11.6 Å². The van der Waals surface area contributed by atoms with E-state index in [-0.39, 0.29) is 0 Å². The van der Waals surface area contributed by atoms with E-state index in [2.05, 4.69) is 68.6 Å². The molecule has 0 unspecified atom stereocenters. The lowest BCUT2D eigenvalue weighted by Gasteiger charge is -2.09. The first-order valence-corrected chi connectivity index (χ1v) is 8.06. The summed E-state index contributed by atoms with van der Waals surface area (Å²) in [5, 5.41) is 4.14. The van der Waals surface area contributed by atoms with Gasteiger partial charge in [-0.15, -0.1) is 0 Å². The van der Waals surface area contributed by atoms with Crippen LogP contribution in [0.3, 0.4) is 0 Å². The minimum Gasteiger partial charge on any atom is -0.313 e. The minimum absolute atomic E-state index is 0.690. The van der Waals surface area contributed by atoms with Crippen LogP contribution in [-0.4, -0.2) is 6.54 Å². The van der Waals surface area contributed by atoms with Crippen LogP contribution in [0.4, 0.5) is 0 Å². The monoisotopic (exact) mass is 301 g/mol. The van der Waals surface area contributed by atoms with Gasteiger partial charge in [0.25, 0.3) is 0 Å². The fourth-order valence-corrected chi connectivity index (χ4v) is 2.68. The average molecular weight is 302 g/mol. The predicted molar refractivity (Wildman–Crippen MR) is 92.8 cm³/mol. The van der Waals surface area contributed by atoms with E-state index in [0.717, 1.165) is 30.1 Å². The molecule has 2 heteroatoms. The van der Waals surface area contributed by atoms with Crippen LogP contribution in [0.5, 0.6) is 0 Å². The highest BCUT2D eigenvalue weighted by Gasteiger charge is 2.04. The first-order valence-electron chi connectivity index (χ1n) is 7.68. The number of nitrogens with one attached hydrogen (secondary N) is 1. The largest absolute Gasteiger partial charge is 0.313 e. The lowest BCUT2D eigenvalue weighted by molar-refractivity contribution is 0.647. The number of benzene rings is 2. The Balaban J connectivity index is 2.16. The molecule has 0 aliphatic rings. The average Bonchev–Trinajstić information content (AvgIpc) is 2.46. The zero-order valence-corrected chi connectivity index (χ0v) is 13.9. The van der Waals surface area contributed by atoms with Crippen LogP contribution in [0, 0.1) is 5.92 Å². The molecule has 0 heterocycles. The number of hydrogen-bond donors (Lipinski definition) is 1. The fraction of sp³-hybridized carbons (Fsp3) is 0.368. The van der Waals surface area contributed by atoms with Crippen LogP contribution in [-0.2, 0) is 13.0 Å². The summed E-state index contributed by atoms with van der Waals surface area (Å²) in [6.07, 6.45) is 1.13. The Morgan fingerprint density at radius 2 is 1.67 bits per heavy atom. The van der Waals surface area contributed by atoms with E-state index in [1.54, 1.807) is 0 Å². The summed E-state index contributed by atoms with van der Waals surface area (Å²) in [4.78, 5) is 0. The molecule has 0 aliphatic heterocycles. The van der Waals surface area contributed by atoms with Crippen molar-refractivity contribution < 1.29 is 0 Å². The summed E-state index contributed by atoms with van der Waals surface area (Å²) < 4.78 is 0. The van der Waals surface area contributed by atoms with Gasteiger partial charge in [0.2, 0.25) is 0 Å². The predicted octanol–water partition coefficient (Wildman–Crippen LogP) is 5.32. The Hall–Kier alpha value is -1.31. The summed E-state index contributed by atoms with van der Waals surface area (Å²) >= 11 is 6.38. The van der Waals surface area contributed by atoms with Gasteiger partial charge in [-0.2, -0.15) is 0 Å². The molecule has 0 amide bonds. The van der Waals surface area contributed by atoms with Crippen LogP contribution in [0.25, 0.3) is 11.1 Å². The summed E-state index contributed by atoms with van der Waals surface area (Å²) in [5.41, 5.74) is 4.94. The molecule has 0 saturated carbocycles. The van der Waals surface area contributed by atoms with Gasteiger partial charge in [-0.1, -0.05) is 68.8 Å². The molecule has 0 atom stereocenters. The molecule has 0 bridgehead atoms. The molecule has 2 aromatic carbocycles. The van der Waals surface area contributed by atoms with Gasteiger partial charge in [0.15, 0.2) is 0 Å². The van der Waals surface area contributed by atoms with E-state index >= 15 is 0 Å². The van der Waals surface area contributed by atoms with Crippen LogP contribution >= 0.6 is 11.6 Å². The first-order chi connectivity index (χ1) is 10.1. The fourth-order valence-electron chi connectivity index (χ4n) is 2.43. The van der Waals surface area contributed by atoms with Crippen molar-refractivity contribution in [3.63, 3.8) is 0 Å². The van der Waals surface area contributed by atoms with Crippen LogP contribution in [0.15, 0.2) is 42.5 Å². The second kappa shape index (κ2) is 7.63. The second-order valence-corrected chi connectivity index (χ2v) is 6.29. The van der Waals surface area contributed by atoms with Gasteiger partial charge in [-0.25, -0.2) is 0 Å². The van der Waals surface area contributed by atoms with Gasteiger partial charge in [0.1, 0.15) is 0 Å². The normalized spacial score (nSPS) is 11.1. The van der Waals surface area contributed by atoms with Gasteiger partial charge < -0.3 is 5.32 Å². The van der Waals surface area contributed by atoms with Crippen molar-refractivity contribution in [1.29, 1.82) is 0 Å². The van der Waals surface area contributed by atoms with E-state index in [1.807, 2.05) is 0 Å². The number of hydrogen-bond acceptors (Lipinski definition) is 1. The molecule has 0 saturated heterocycles. The molecule has 2 aromatic rings. The summed E-state index contributed by atoms with van der Waals surface area (Å²) in [5.74, 6) is 0.690. The highest BCUT2D eigenvalue weighted by Crippen LogP contribution is 2.26. The molecule has 0 spiro atoms. The van der Waals surface area contributed by atoms with E-state index < -0.39 is 0 Å². The SMILES string of the molecule is CCNCc1ccc(-c2ccc(CC(C)C)cc2)cc1Cl. The summed E-state index contributed by atoms with van der Waals surface area (Å²) in [7, 11) is 0. The minimum atomic E-state index is 0.690. The maximum atomic E-state index is 6.38. The van der Waals surface area contributed by atoms with Crippen LogP contribution in [0.2, 0.25) is 5.02 Å². The molecular formula is C19H24ClN. The molecule has 0 aromatic heterocycles. The highest BCUT2D eigenvalue weighted by atomic mass is 35.5. The third kappa shape index (κ3) is 4.59. The topological polar surface area (TPSA) is 12.0 Å². The lowest BCUT2D eigenvalue weighted by Crippen LogP contribution is -2.11. The van der Waals surface area contributed by atoms with E-state index in [1.165, 1.54) is 16.7 Å². The van der Waals surface area contributed by atoms with Gasteiger partial charge in [0, 0.05) is 11.6 Å². The Labute approximate surface area is 133 Å². The molecule has 21 heavy (non-hydrogen) atoms. The molecule has 0 fully saturated rings. The zero-order chi connectivity index (χ0) is 15.2. The third-order valence-electron chi connectivity index (χ3n) is 3.55. The Morgan fingerprint density at radius 1 is 1.00 bits per heavy atom. The molecule has 0 aliphatic carbocycles. The molecule has 1 N–H and O–H groups in total. The zero-order valence-electron chi connectivity index (χ0n) is 13.1. The van der Waals surface area contributed by atoms with E-state index in [0.29, 0.717) is 5.92 Å². The van der Waals surface area contributed by atoms with Crippen molar-refractivity contribution in [2.75, 3.05) is 6.54 Å².